The predicted octanol–water partition coefficient (Wildman–Crippen LogP) is 29.0. The molecule has 17 aromatic rings. The highest BCUT2D eigenvalue weighted by atomic mass is 127. The van der Waals surface area contributed by atoms with Crippen LogP contribution < -0.4 is 4.74 Å². The second-order valence-corrected chi connectivity index (χ2v) is 39.7. The van der Waals surface area contributed by atoms with Crippen molar-refractivity contribution in [1.82, 2.24) is 0 Å². The zero-order valence-corrected chi connectivity index (χ0v) is 72.5. The average molecular weight is 1790 g/mol. The van der Waals surface area contributed by atoms with E-state index in [-0.39, 0.29) is 67.1 Å². The molecule has 0 N–H and O–H groups in total. The van der Waals surface area contributed by atoms with E-state index < -0.39 is 5.60 Å². The first-order valence-corrected chi connectivity index (χ1v) is 46.1. The van der Waals surface area contributed by atoms with Crippen molar-refractivity contribution < 1.29 is 14.3 Å². The molecule has 0 fully saturated rings. The summed E-state index contributed by atoms with van der Waals surface area (Å²) in [6.07, 6.45) is 0. The van der Waals surface area contributed by atoms with Gasteiger partial charge in [0.25, 0.3) is 0 Å². The fourth-order valence-electron chi connectivity index (χ4n) is 12.7. The maximum atomic E-state index is 12.2. The average Bonchev–Trinajstić information content (AvgIpc) is 0.807. The van der Waals surface area contributed by atoms with Crippen LogP contribution in [0.3, 0.4) is 0 Å². The van der Waals surface area contributed by atoms with Crippen molar-refractivity contribution in [2.45, 2.75) is 99.8 Å². The number of hydrogen-bond acceptors (Lipinski definition) is 3. The Morgan fingerprint density at radius 3 is 0.887 bits per heavy atom. The number of halogens is 3. The number of carbonyl (C=O) groups is 1. The van der Waals surface area contributed by atoms with Gasteiger partial charge in [-0.15, -0.1) is 0 Å². The number of benzene rings is 17. The van der Waals surface area contributed by atoms with Gasteiger partial charge in [-0.1, -0.05) is 258 Å². The van der Waals surface area contributed by atoms with E-state index in [4.69, 9.17) is 21.1 Å². The van der Waals surface area contributed by atoms with Crippen LogP contribution in [0.25, 0.3) is 21.5 Å². The molecule has 0 bridgehead atoms. The Hall–Kier alpha value is -10.2. The fraction of sp³-hybridized carbons (Fsp3) is 0.0481. The molecule has 0 radical (unpaired) electrons. The van der Waals surface area contributed by atoms with E-state index in [9.17, 15) is 4.79 Å². The summed E-state index contributed by atoms with van der Waals surface area (Å²) in [6, 6.07) is 160. The fourth-order valence-corrected chi connectivity index (χ4v) is 24.2. The number of rotatable bonds is 18. The van der Waals surface area contributed by atoms with Gasteiger partial charge >= 0.3 is 5.97 Å². The van der Waals surface area contributed by atoms with Gasteiger partial charge in [-0.2, -0.15) is 0 Å². The molecule has 17 rings (SSSR count). The summed E-state index contributed by atoms with van der Waals surface area (Å²) in [6.45, 7) is 5.43. The Balaban J connectivity index is 0.000000127. The summed E-state index contributed by atoms with van der Waals surface area (Å²) in [4.78, 5) is 32.1. The van der Waals surface area contributed by atoms with Crippen LogP contribution in [0.4, 0.5) is 0 Å². The van der Waals surface area contributed by atoms with Gasteiger partial charge in [0.15, 0.2) is 80.0 Å². The van der Waals surface area contributed by atoms with Crippen LogP contribution in [-0.4, -0.2) is 18.2 Å². The van der Waals surface area contributed by atoms with E-state index in [0.717, 1.165) is 20.3 Å². The number of hydrogen-bond donors (Lipinski definition) is 0. The molecule has 0 atom stereocenters. The van der Waals surface area contributed by atoms with E-state index in [1.54, 1.807) is 0 Å². The molecule has 566 valence electrons. The van der Waals surface area contributed by atoms with E-state index >= 15 is 0 Å². The van der Waals surface area contributed by atoms with E-state index in [2.05, 4.69) is 445 Å². The molecule has 17 aromatic carbocycles. The Labute approximate surface area is 719 Å². The lowest BCUT2D eigenvalue weighted by molar-refractivity contribution is -0.157. The summed E-state index contributed by atoms with van der Waals surface area (Å²) >= 11 is 11.9. The molecule has 115 heavy (non-hydrogen) atoms. The van der Waals surface area contributed by atoms with Crippen LogP contribution in [0.5, 0.6) is 5.75 Å². The number of carbonyl (C=O) groups excluding carboxylic acids is 1. The minimum atomic E-state index is -0.536. The van der Waals surface area contributed by atoms with Gasteiger partial charge in [-0.05, 0) is 273 Å². The number of esters is 1. The first-order chi connectivity index (χ1) is 56.4. The number of ether oxygens (including phenoxy) is 2. The SMILES string of the molecule is Brc1ccc([S+](c2ccccc2)c2ccccc2)cc1.CC(C)(C)OC(=O)COc1ccc([S+](c2ccccc2)c2ccccc2)c2ccccc12.Clc1ccc([S+](c2ccccc2)c2ccccc2)cc1.Ic1ccc([S+](c2ccccc2)c2ccccc2)cc1.c1ccc([S+](c2ccccc2)c2cccc3ccccc23)cc1. The molecular formula is C104H86BrClIO3S5+5. The Morgan fingerprint density at radius 2 is 0.548 bits per heavy atom. The molecule has 0 aliphatic rings. The third-order valence-corrected chi connectivity index (χ3v) is 30.5. The summed E-state index contributed by atoms with van der Waals surface area (Å²) in [5.74, 6) is 0.305. The van der Waals surface area contributed by atoms with Gasteiger partial charge in [0.1, 0.15) is 11.4 Å². The highest BCUT2D eigenvalue weighted by Crippen LogP contribution is 2.41. The second kappa shape index (κ2) is 42.4. The van der Waals surface area contributed by atoms with Gasteiger partial charge < -0.3 is 9.47 Å². The van der Waals surface area contributed by atoms with Gasteiger partial charge in [0, 0.05) is 29.2 Å². The summed E-state index contributed by atoms with van der Waals surface area (Å²) in [5, 5.41) is 5.52. The first-order valence-electron chi connectivity index (χ1n) is 37.7. The molecule has 0 heterocycles. The van der Waals surface area contributed by atoms with E-state index in [0.29, 0.717) is 5.75 Å². The molecule has 0 saturated carbocycles. The van der Waals surface area contributed by atoms with Crippen LogP contribution in [0.2, 0.25) is 5.02 Å². The summed E-state index contributed by atoms with van der Waals surface area (Å²) in [7, 11) is -0.511. The highest BCUT2D eigenvalue weighted by molar-refractivity contribution is 14.1. The van der Waals surface area contributed by atoms with Crippen molar-refractivity contribution in [3.8, 4) is 5.75 Å². The molecule has 0 amide bonds. The van der Waals surface area contributed by atoms with Crippen LogP contribution in [0, 0.1) is 3.57 Å². The van der Waals surface area contributed by atoms with Gasteiger partial charge in [-0.25, -0.2) is 4.79 Å². The van der Waals surface area contributed by atoms with Crippen molar-refractivity contribution in [3.63, 3.8) is 0 Å². The first kappa shape index (κ1) is 82.8. The zero-order valence-electron chi connectivity index (χ0n) is 63.9. The Bertz CT molecular complexity index is 5280. The monoisotopic (exact) mass is 1780 g/mol. The maximum absolute atomic E-state index is 12.2. The molecular weight excluding hydrogens is 1700 g/mol. The van der Waals surface area contributed by atoms with Gasteiger partial charge in [-0.3, -0.25) is 0 Å². The molecule has 0 spiro atoms. The third kappa shape index (κ3) is 23.3. The predicted molar refractivity (Wildman–Crippen MR) is 499 cm³/mol. The molecule has 3 nitrogen and oxygen atoms in total. The molecule has 0 saturated heterocycles. The van der Waals surface area contributed by atoms with Crippen molar-refractivity contribution in [2.24, 2.45) is 0 Å². The zero-order chi connectivity index (χ0) is 79.4. The van der Waals surface area contributed by atoms with Crippen molar-refractivity contribution >= 4 is 132 Å². The Morgan fingerprint density at radius 1 is 0.287 bits per heavy atom. The van der Waals surface area contributed by atoms with Crippen LogP contribution >= 0.6 is 50.1 Å². The summed E-state index contributed by atoms with van der Waals surface area (Å²) < 4.78 is 13.7. The smallest absolute Gasteiger partial charge is 0.344 e. The van der Waals surface area contributed by atoms with Gasteiger partial charge in [0.05, 0.1) is 54.5 Å². The second-order valence-electron chi connectivity index (χ2n) is 27.0. The summed E-state index contributed by atoms with van der Waals surface area (Å²) in [5.41, 5.74) is -0.536. The van der Waals surface area contributed by atoms with Crippen LogP contribution in [0.15, 0.2) is 533 Å². The topological polar surface area (TPSA) is 35.5 Å². The number of fused-ring (bicyclic) bond motifs is 2. The van der Waals surface area contributed by atoms with Gasteiger partial charge in [0.2, 0.25) is 0 Å². The van der Waals surface area contributed by atoms with E-state index in [1.807, 2.05) is 69.3 Å². The molecule has 11 heteroatoms. The van der Waals surface area contributed by atoms with Crippen LogP contribution in [0.1, 0.15) is 20.8 Å². The Kier molecular flexibility index (Phi) is 30.5. The van der Waals surface area contributed by atoms with Crippen molar-refractivity contribution in [1.29, 1.82) is 0 Å². The lowest BCUT2D eigenvalue weighted by Gasteiger charge is -2.19. The standard InChI is InChI=1S/C28H27O3S.C22H17S.C18H14BrS.C18H14ClS.C18H14IS/c1-28(2,3)31-27(29)20-30-25-18-19-26(24-17-11-10-16-23(24)25)32(21-12-6-4-7-13-21)22-14-8-5-9-15-22;1-3-12-19(13-4-1)23(20-14-5-2-6-15-20)22-17-9-11-18-10-7-8-16-21(18)22;3*19-15-11-13-18(14-12-15)20(16-7-3-1-4-8-16)17-9-5-2-6-10-17/h4-19H,20H2,1-3H3;1-17H;3*1-14H/q5*+1. The third-order valence-electron chi connectivity index (χ3n) is 17.7. The minimum Gasteiger partial charge on any atom is -0.481 e. The molecule has 0 aliphatic heterocycles. The van der Waals surface area contributed by atoms with Crippen molar-refractivity contribution in [3.05, 3.63) is 468 Å². The van der Waals surface area contributed by atoms with Crippen LogP contribution in [-0.2, 0) is 64.0 Å². The largest absolute Gasteiger partial charge is 0.481 e. The molecule has 0 aromatic heterocycles. The maximum Gasteiger partial charge on any atom is 0.344 e. The lowest BCUT2D eigenvalue weighted by Crippen LogP contribution is -2.27. The normalized spacial score (nSPS) is 11.0. The molecule has 0 unspecified atom stereocenters. The lowest BCUT2D eigenvalue weighted by atomic mass is 10.1. The minimum absolute atomic E-state index is 0.0262. The van der Waals surface area contributed by atoms with E-state index in [1.165, 1.54) is 87.8 Å². The quantitative estimate of drug-likeness (QED) is 0.0488. The highest BCUT2D eigenvalue weighted by Gasteiger charge is 2.35. The van der Waals surface area contributed by atoms with Crippen molar-refractivity contribution in [2.75, 3.05) is 6.61 Å². The molecule has 0 aliphatic carbocycles.